The molecule has 2 heterocycles. The summed E-state index contributed by atoms with van der Waals surface area (Å²) in [6.45, 7) is 8.00. The van der Waals surface area contributed by atoms with E-state index in [4.69, 9.17) is 0 Å². The summed E-state index contributed by atoms with van der Waals surface area (Å²) in [5, 5.41) is 6.93. The van der Waals surface area contributed by atoms with Crippen molar-refractivity contribution in [3.8, 4) is 0 Å². The van der Waals surface area contributed by atoms with Gasteiger partial charge in [0.1, 0.15) is 0 Å². The van der Waals surface area contributed by atoms with Gasteiger partial charge in [-0.25, -0.2) is 0 Å². The van der Waals surface area contributed by atoms with Gasteiger partial charge in [0.25, 0.3) is 0 Å². The molecule has 0 spiro atoms. The van der Waals surface area contributed by atoms with Crippen LogP contribution in [-0.4, -0.2) is 0 Å². The van der Waals surface area contributed by atoms with Crippen molar-refractivity contribution in [2.75, 3.05) is 0 Å². The van der Waals surface area contributed by atoms with Crippen LogP contribution in [0.3, 0.4) is 0 Å². The van der Waals surface area contributed by atoms with Crippen LogP contribution in [0.2, 0.25) is 0 Å². The second kappa shape index (κ2) is 24.3. The Morgan fingerprint density at radius 3 is 1.19 bits per heavy atom. The van der Waals surface area contributed by atoms with Crippen molar-refractivity contribution in [2.24, 2.45) is 0 Å². The fourth-order valence-corrected chi connectivity index (χ4v) is 3.39. The van der Waals surface area contributed by atoms with E-state index in [-0.39, 0.29) is 0 Å². The van der Waals surface area contributed by atoms with E-state index in [1.165, 1.54) is 20.2 Å². The molecule has 7 heteroatoms. The minimum Gasteiger partial charge on any atom is -0.144 e. The van der Waals surface area contributed by atoms with Crippen LogP contribution in [0.1, 0.15) is 27.7 Å². The predicted octanol–water partition coefficient (Wildman–Crippen LogP) is 8.40. The quantitative estimate of drug-likeness (QED) is 0.156. The van der Waals surface area contributed by atoms with Crippen LogP contribution in [0.4, 0.5) is 0 Å². The zero-order valence-electron chi connectivity index (χ0n) is 15.6. The van der Waals surface area contributed by atoms with Crippen molar-refractivity contribution in [3.05, 3.63) is 71.4 Å². The molecule has 0 bridgehead atoms. The van der Waals surface area contributed by atoms with E-state index in [1.807, 2.05) is 27.7 Å². The molecule has 2 aromatic heterocycles. The van der Waals surface area contributed by atoms with E-state index < -0.39 is 0 Å². The predicted molar refractivity (Wildman–Crippen MR) is 162 cm³/mol. The average molecular weight is 963 g/mol. The summed E-state index contributed by atoms with van der Waals surface area (Å²) in [7, 11) is 0. The fraction of sp³-hybridized carbons (Fsp3) is 0.200. The average Bonchev–Trinajstić information content (AvgIpc) is 3.43. The normalized spacial score (nSPS) is 8.30. The molecule has 152 valence electrons. The summed E-state index contributed by atoms with van der Waals surface area (Å²) in [6, 6.07) is 21.1. The molecule has 0 N–H and O–H groups in total. The first-order valence-electron chi connectivity index (χ1n) is 8.21. The van der Waals surface area contributed by atoms with Crippen LogP contribution in [0.25, 0.3) is 20.2 Å². The van der Waals surface area contributed by atoms with Crippen LogP contribution in [0, 0.1) is 0 Å². The Hall–Kier alpha value is 2.01. The van der Waals surface area contributed by atoms with Gasteiger partial charge >= 0.3 is 50.5 Å². The Morgan fingerprint density at radius 2 is 0.889 bits per heavy atom. The van der Waals surface area contributed by atoms with Gasteiger partial charge in [0.05, 0.1) is 0 Å². The molecule has 0 aliphatic carbocycles. The van der Waals surface area contributed by atoms with Crippen molar-refractivity contribution >= 4 is 117 Å². The van der Waals surface area contributed by atoms with E-state index in [0.717, 1.165) is 0 Å². The van der Waals surface area contributed by atoms with E-state index in [9.17, 15) is 0 Å². The van der Waals surface area contributed by atoms with E-state index >= 15 is 0 Å². The third-order valence-electron chi connectivity index (χ3n) is 2.72. The van der Waals surface area contributed by atoms with Crippen LogP contribution < -0.4 is 13.3 Å². The number of thiophene rings is 2. The molecule has 4 aromatic rings. The first-order valence-corrected chi connectivity index (χ1v) is 28.8. The largest absolute Gasteiger partial charge is 0.144 e. The Morgan fingerprint density at radius 1 is 0.593 bits per heavy atom. The van der Waals surface area contributed by atoms with Crippen LogP contribution in [-0.2, 0) is 0 Å². The molecule has 0 fully saturated rings. The zero-order chi connectivity index (χ0) is 20.9. The van der Waals surface area contributed by atoms with Gasteiger partial charge in [0, 0.05) is 46.6 Å². The molecule has 0 amide bonds. The maximum absolute atomic E-state index is 2.39. The minimum absolute atomic E-state index is 0.530. The molecule has 0 aliphatic heterocycles. The molecular weight excluding hydrogens is 939 g/mol. The van der Waals surface area contributed by atoms with Gasteiger partial charge in [-0.2, -0.15) is 0 Å². The molecule has 0 atom stereocenters. The first kappa shape index (κ1) is 31.2. The molecule has 0 nitrogen and oxygen atoms in total. The summed E-state index contributed by atoms with van der Waals surface area (Å²) in [5.74, 6) is 0. The Kier molecular flexibility index (Phi) is 28.1. The molecule has 0 saturated carbocycles. The minimum atomic E-state index is 0.530. The molecule has 0 saturated heterocycles. The topological polar surface area (TPSA) is 0 Å². The third-order valence-corrected chi connectivity index (χ3v) is 4.52. The summed E-state index contributed by atoms with van der Waals surface area (Å²) >= 11 is 13.1. The number of halogens is 5. The smallest absolute Gasteiger partial charge is 0.0342 e. The van der Waals surface area contributed by atoms with E-state index in [0.29, 0.717) is 13.3 Å². The SMILES string of the molecule is CC.CC.II.I[I-]I.c1ccc2sccc2c1.c1ccc2sccc2c1. The molecule has 4 rings (SSSR count). The number of hydrogen-bond acceptors (Lipinski definition) is 2. The van der Waals surface area contributed by atoms with Gasteiger partial charge < -0.3 is 0 Å². The van der Waals surface area contributed by atoms with Gasteiger partial charge in [0.15, 0.2) is 0 Å². The van der Waals surface area contributed by atoms with Gasteiger partial charge in [-0.1, -0.05) is 64.1 Å². The molecular formula is C20H24I5S2-. The standard InChI is InChI=1S/2C8H6S.2C2H6.I3.I2/c2*1-2-4-8-7(3-1)5-6-9-8;2*1-2;1-3-2;1-2/h2*1-6H;2*1-2H3;;/q;;;;-1;. The van der Waals surface area contributed by atoms with Gasteiger partial charge in [-0.05, 0) is 45.8 Å². The second-order valence-electron chi connectivity index (χ2n) is 3.97. The maximum atomic E-state index is 2.39. The Balaban J connectivity index is 0. The summed E-state index contributed by atoms with van der Waals surface area (Å²) < 4.78 is 2.75. The van der Waals surface area contributed by atoms with Crippen LogP contribution >= 0.6 is 97.1 Å². The van der Waals surface area contributed by atoms with Crippen molar-refractivity contribution < 1.29 is 13.3 Å². The third kappa shape index (κ3) is 14.6. The van der Waals surface area contributed by atoms with Gasteiger partial charge in [0.2, 0.25) is 0 Å². The Bertz CT molecular complexity index is 657. The van der Waals surface area contributed by atoms with Crippen molar-refractivity contribution in [3.63, 3.8) is 0 Å². The number of hydrogen-bond donors (Lipinski definition) is 0. The monoisotopic (exact) mass is 963 g/mol. The Labute approximate surface area is 225 Å². The van der Waals surface area contributed by atoms with Crippen LogP contribution in [0.5, 0.6) is 0 Å². The molecule has 0 radical (unpaired) electrons. The van der Waals surface area contributed by atoms with Crippen molar-refractivity contribution in [1.82, 2.24) is 0 Å². The maximum Gasteiger partial charge on any atom is 0.0342 e. The second-order valence-corrected chi connectivity index (χ2v) is 22.1. The van der Waals surface area contributed by atoms with Crippen LogP contribution in [0.15, 0.2) is 71.4 Å². The van der Waals surface area contributed by atoms with Crippen molar-refractivity contribution in [1.29, 1.82) is 0 Å². The van der Waals surface area contributed by atoms with Gasteiger partial charge in [-0.15, -0.1) is 22.7 Å². The molecule has 27 heavy (non-hydrogen) atoms. The zero-order valence-corrected chi connectivity index (χ0v) is 28.1. The number of rotatable bonds is 0. The fourth-order valence-electron chi connectivity index (χ4n) is 1.81. The number of fused-ring (bicyclic) bond motifs is 2. The summed E-state index contributed by atoms with van der Waals surface area (Å²) in [4.78, 5) is 0. The van der Waals surface area contributed by atoms with E-state index in [2.05, 4.69) is 146 Å². The first-order chi connectivity index (χ1) is 13.3. The molecule has 0 unspecified atom stereocenters. The van der Waals surface area contributed by atoms with E-state index in [1.54, 1.807) is 22.7 Å². The van der Waals surface area contributed by atoms with Crippen molar-refractivity contribution in [2.45, 2.75) is 27.7 Å². The molecule has 2 aromatic carbocycles. The van der Waals surface area contributed by atoms with Gasteiger partial charge in [-0.3, -0.25) is 0 Å². The number of benzene rings is 2. The summed E-state index contributed by atoms with van der Waals surface area (Å²) in [5.41, 5.74) is 0. The molecule has 0 aliphatic rings. The summed E-state index contributed by atoms with van der Waals surface area (Å²) in [6.07, 6.45) is 0.